The molecule has 6 nitrogen and oxygen atoms in total. The standard InChI is InChI=1S/C21H26F2N2O4S/c22-18-11-16-12-20(16,13-17(18)14-7-8-14)21(23,30(27,28)25-9-4-10-25)29-24-19(26)15-5-2-1-3-6-15/h1-3,5-6,14,16-18H,4,7-13H2,(H,24,26). The van der Waals surface area contributed by atoms with Crippen LogP contribution in [0.15, 0.2) is 30.3 Å². The zero-order chi connectivity index (χ0) is 21.1. The third-order valence-corrected chi connectivity index (χ3v) is 9.62. The van der Waals surface area contributed by atoms with Crippen LogP contribution in [0.3, 0.4) is 0 Å². The first kappa shape index (κ1) is 20.3. The SMILES string of the molecule is O=C(NOC(F)(C12CC(C3CC3)C(F)CC1C2)S(=O)(=O)N1CCC1)c1ccccc1. The van der Waals surface area contributed by atoms with Crippen molar-refractivity contribution in [1.29, 1.82) is 0 Å². The molecule has 1 saturated heterocycles. The molecule has 0 aromatic heterocycles. The minimum atomic E-state index is -4.50. The molecule has 164 valence electrons. The number of hydroxylamine groups is 1. The lowest BCUT2D eigenvalue weighted by atomic mass is 9.77. The van der Waals surface area contributed by atoms with E-state index >= 15 is 4.39 Å². The lowest BCUT2D eigenvalue weighted by Gasteiger charge is -2.43. The Morgan fingerprint density at radius 1 is 1.20 bits per heavy atom. The van der Waals surface area contributed by atoms with Crippen molar-refractivity contribution in [2.24, 2.45) is 23.2 Å². The largest absolute Gasteiger partial charge is 0.351 e. The van der Waals surface area contributed by atoms with Crippen LogP contribution in [-0.4, -0.2) is 43.1 Å². The Labute approximate surface area is 175 Å². The van der Waals surface area contributed by atoms with Gasteiger partial charge in [-0.25, -0.2) is 23.1 Å². The van der Waals surface area contributed by atoms with E-state index in [0.29, 0.717) is 6.42 Å². The third kappa shape index (κ3) is 3.00. The van der Waals surface area contributed by atoms with Gasteiger partial charge >= 0.3 is 5.19 Å². The first-order valence-corrected chi connectivity index (χ1v) is 12.1. The molecule has 30 heavy (non-hydrogen) atoms. The van der Waals surface area contributed by atoms with Crippen molar-refractivity contribution in [3.05, 3.63) is 35.9 Å². The topological polar surface area (TPSA) is 75.7 Å². The molecule has 1 aromatic carbocycles. The second-order valence-corrected chi connectivity index (χ2v) is 11.2. The molecule has 0 spiro atoms. The van der Waals surface area contributed by atoms with Gasteiger partial charge < -0.3 is 0 Å². The number of carbonyl (C=O) groups is 1. The number of nitrogens with zero attached hydrogens (tertiary/aromatic N) is 1. The highest BCUT2D eigenvalue weighted by Gasteiger charge is 2.78. The normalized spacial score (nSPS) is 35.6. The molecule has 4 fully saturated rings. The summed E-state index contributed by atoms with van der Waals surface area (Å²) < 4.78 is 58.9. The quantitative estimate of drug-likeness (QED) is 0.661. The maximum atomic E-state index is 16.6. The van der Waals surface area contributed by atoms with Gasteiger partial charge in [0.2, 0.25) is 0 Å². The number of hydrogen-bond donors (Lipinski definition) is 1. The van der Waals surface area contributed by atoms with Crippen LogP contribution in [-0.2, 0) is 14.9 Å². The van der Waals surface area contributed by atoms with Crippen LogP contribution < -0.4 is 5.48 Å². The fraction of sp³-hybridized carbons (Fsp3) is 0.667. The van der Waals surface area contributed by atoms with Crippen molar-refractivity contribution in [2.75, 3.05) is 13.1 Å². The van der Waals surface area contributed by atoms with E-state index in [0.717, 1.165) is 17.1 Å². The van der Waals surface area contributed by atoms with Gasteiger partial charge in [-0.15, -0.1) is 0 Å². The summed E-state index contributed by atoms with van der Waals surface area (Å²) in [7, 11) is -4.50. The lowest BCUT2D eigenvalue weighted by Crippen LogP contribution is -2.60. The van der Waals surface area contributed by atoms with E-state index in [-0.39, 0.29) is 49.8 Å². The smallest absolute Gasteiger partial charge is 0.267 e. The summed E-state index contributed by atoms with van der Waals surface area (Å²) in [6.07, 6.45) is 1.95. The number of fused-ring (bicyclic) bond motifs is 1. The maximum absolute atomic E-state index is 16.6. The Kier molecular flexibility index (Phi) is 4.72. The van der Waals surface area contributed by atoms with Gasteiger partial charge in [0.15, 0.2) is 0 Å². The highest BCUT2D eigenvalue weighted by Crippen LogP contribution is 2.72. The number of nitrogens with one attached hydrogen (secondary N) is 1. The van der Waals surface area contributed by atoms with Crippen molar-refractivity contribution in [1.82, 2.24) is 9.79 Å². The number of rotatable bonds is 7. The number of amides is 1. The Bertz CT molecular complexity index is 938. The molecule has 0 radical (unpaired) electrons. The van der Waals surface area contributed by atoms with E-state index in [1.165, 1.54) is 12.1 Å². The maximum Gasteiger partial charge on any atom is 0.351 e. The van der Waals surface area contributed by atoms with Crippen LogP contribution in [0.1, 0.15) is 48.9 Å². The molecule has 5 rings (SSSR count). The molecule has 1 N–H and O–H groups in total. The Balaban J connectivity index is 1.44. The van der Waals surface area contributed by atoms with Crippen LogP contribution in [0.4, 0.5) is 8.78 Å². The number of sulfonamides is 1. The van der Waals surface area contributed by atoms with Gasteiger partial charge in [-0.3, -0.25) is 4.79 Å². The molecule has 1 amide bonds. The fourth-order valence-corrected chi connectivity index (χ4v) is 7.34. The first-order valence-electron chi connectivity index (χ1n) is 10.6. The van der Waals surface area contributed by atoms with Crippen molar-refractivity contribution in [3.63, 3.8) is 0 Å². The van der Waals surface area contributed by atoms with Crippen molar-refractivity contribution in [3.8, 4) is 0 Å². The summed E-state index contributed by atoms with van der Waals surface area (Å²) in [5.41, 5.74) is 0.968. The predicted octanol–water partition coefficient (Wildman–Crippen LogP) is 3.17. The predicted molar refractivity (Wildman–Crippen MR) is 105 cm³/mol. The van der Waals surface area contributed by atoms with E-state index < -0.39 is 38.6 Å². The van der Waals surface area contributed by atoms with Gasteiger partial charge in [0.25, 0.3) is 15.9 Å². The summed E-state index contributed by atoms with van der Waals surface area (Å²) in [6, 6.07) is 8.07. The zero-order valence-corrected chi connectivity index (χ0v) is 17.4. The van der Waals surface area contributed by atoms with E-state index in [9.17, 15) is 17.6 Å². The van der Waals surface area contributed by atoms with Crippen LogP contribution in [0, 0.1) is 23.2 Å². The Morgan fingerprint density at radius 2 is 1.90 bits per heavy atom. The first-order chi connectivity index (χ1) is 14.3. The summed E-state index contributed by atoms with van der Waals surface area (Å²) in [6.45, 7) is 0.449. The van der Waals surface area contributed by atoms with Gasteiger partial charge in [0.1, 0.15) is 6.17 Å². The Hall–Kier alpha value is -1.58. The molecule has 5 atom stereocenters. The van der Waals surface area contributed by atoms with Crippen LogP contribution in [0.5, 0.6) is 0 Å². The van der Waals surface area contributed by atoms with Crippen LogP contribution in [0.25, 0.3) is 0 Å². The van der Waals surface area contributed by atoms with E-state index in [1.807, 2.05) is 0 Å². The third-order valence-electron chi connectivity index (χ3n) is 7.43. The molecular formula is C21H26F2N2O4S. The molecule has 3 saturated carbocycles. The highest BCUT2D eigenvalue weighted by molar-refractivity contribution is 7.90. The zero-order valence-electron chi connectivity index (χ0n) is 16.6. The molecule has 1 aliphatic heterocycles. The molecule has 3 aliphatic carbocycles. The average Bonchev–Trinajstić information content (AvgIpc) is 3.58. The summed E-state index contributed by atoms with van der Waals surface area (Å²) in [5, 5.41) is -3.11. The van der Waals surface area contributed by atoms with Gasteiger partial charge in [0, 0.05) is 18.7 Å². The summed E-state index contributed by atoms with van der Waals surface area (Å²) in [4.78, 5) is 17.7. The van der Waals surface area contributed by atoms with E-state index in [1.54, 1.807) is 18.2 Å². The van der Waals surface area contributed by atoms with Crippen LogP contribution in [0.2, 0.25) is 0 Å². The molecule has 4 aliphatic rings. The average molecular weight is 441 g/mol. The number of alkyl halides is 2. The molecule has 9 heteroatoms. The fourth-order valence-electron chi connectivity index (χ4n) is 5.27. The highest BCUT2D eigenvalue weighted by atomic mass is 32.2. The number of carbonyl (C=O) groups excluding carboxylic acids is 1. The minimum absolute atomic E-state index is 0.133. The molecule has 5 unspecified atom stereocenters. The van der Waals surface area contributed by atoms with Crippen molar-refractivity contribution in [2.45, 2.75) is 49.9 Å². The molecule has 0 bridgehead atoms. The second-order valence-electron chi connectivity index (χ2n) is 9.21. The minimum Gasteiger partial charge on any atom is -0.267 e. The van der Waals surface area contributed by atoms with E-state index in [2.05, 4.69) is 5.48 Å². The van der Waals surface area contributed by atoms with Gasteiger partial charge in [-0.1, -0.05) is 18.2 Å². The van der Waals surface area contributed by atoms with Crippen molar-refractivity contribution < 1.29 is 26.8 Å². The Morgan fingerprint density at radius 3 is 2.50 bits per heavy atom. The van der Waals surface area contributed by atoms with Gasteiger partial charge in [0.05, 0.1) is 5.41 Å². The van der Waals surface area contributed by atoms with Crippen molar-refractivity contribution >= 4 is 15.9 Å². The number of halogens is 2. The monoisotopic (exact) mass is 440 g/mol. The molecule has 1 aromatic rings. The number of benzene rings is 1. The molecule has 1 heterocycles. The van der Waals surface area contributed by atoms with Crippen LogP contribution >= 0.6 is 0 Å². The summed E-state index contributed by atoms with van der Waals surface area (Å²) in [5.74, 6) is -1.28. The van der Waals surface area contributed by atoms with Gasteiger partial charge in [-0.05, 0) is 68.4 Å². The second kappa shape index (κ2) is 6.97. The van der Waals surface area contributed by atoms with Gasteiger partial charge in [-0.2, -0.15) is 8.70 Å². The lowest BCUT2D eigenvalue weighted by molar-refractivity contribution is -0.178. The number of hydrogen-bond acceptors (Lipinski definition) is 4. The molecular weight excluding hydrogens is 414 g/mol. The summed E-state index contributed by atoms with van der Waals surface area (Å²) >= 11 is 0. The van der Waals surface area contributed by atoms with E-state index in [4.69, 9.17) is 4.84 Å².